The third kappa shape index (κ3) is 3.04. The lowest BCUT2D eigenvalue weighted by Gasteiger charge is -2.35. The van der Waals surface area contributed by atoms with E-state index in [1.54, 1.807) is 0 Å². The number of nitrogens with zero attached hydrogens (tertiary/aromatic N) is 2. The summed E-state index contributed by atoms with van der Waals surface area (Å²) in [6.45, 7) is 12.3. The van der Waals surface area contributed by atoms with E-state index < -0.39 is 17.5 Å². The van der Waals surface area contributed by atoms with Gasteiger partial charge in [0.05, 0.1) is 11.4 Å². The molecule has 0 aromatic heterocycles. The number of amides is 2. The van der Waals surface area contributed by atoms with Crippen LogP contribution in [0.1, 0.15) is 51.3 Å². The molecule has 0 unspecified atom stereocenters. The summed E-state index contributed by atoms with van der Waals surface area (Å²) in [6.07, 6.45) is 0.716. The van der Waals surface area contributed by atoms with Crippen molar-refractivity contribution in [2.24, 2.45) is 0 Å². The van der Waals surface area contributed by atoms with Gasteiger partial charge in [0.15, 0.2) is 0 Å². The van der Waals surface area contributed by atoms with Crippen LogP contribution in [-0.4, -0.2) is 17.5 Å². The molecule has 2 amide bonds. The van der Waals surface area contributed by atoms with E-state index >= 15 is 0 Å². The summed E-state index contributed by atoms with van der Waals surface area (Å²) in [5.41, 5.74) is 8.53. The van der Waals surface area contributed by atoms with Crippen molar-refractivity contribution in [2.75, 3.05) is 9.80 Å². The second kappa shape index (κ2) is 7.31. The van der Waals surface area contributed by atoms with Crippen LogP contribution >= 0.6 is 0 Å². The van der Waals surface area contributed by atoms with Crippen molar-refractivity contribution >= 4 is 23.2 Å². The van der Waals surface area contributed by atoms with E-state index in [1.165, 1.54) is 0 Å². The molecule has 3 aromatic rings. The van der Waals surface area contributed by atoms with Gasteiger partial charge in [-0.25, -0.2) is 0 Å². The fraction of sp³-hybridized carbons (Fsp3) is 0.310. The van der Waals surface area contributed by atoms with Crippen molar-refractivity contribution < 1.29 is 9.59 Å². The fourth-order valence-corrected chi connectivity index (χ4v) is 6.09. The van der Waals surface area contributed by atoms with Gasteiger partial charge < -0.3 is 0 Å². The van der Waals surface area contributed by atoms with Gasteiger partial charge in [-0.2, -0.15) is 0 Å². The van der Waals surface area contributed by atoms with Crippen LogP contribution in [0.25, 0.3) is 0 Å². The van der Waals surface area contributed by atoms with E-state index in [2.05, 4.69) is 50.2 Å². The first-order valence-electron chi connectivity index (χ1n) is 11.6. The smallest absolute Gasteiger partial charge is 0.279 e. The first kappa shape index (κ1) is 21.4. The predicted molar refractivity (Wildman–Crippen MR) is 133 cm³/mol. The summed E-state index contributed by atoms with van der Waals surface area (Å²) in [4.78, 5) is 31.1. The summed E-state index contributed by atoms with van der Waals surface area (Å²) in [7, 11) is 0. The van der Waals surface area contributed by atoms with Gasteiger partial charge in [-0.3, -0.25) is 19.4 Å². The van der Waals surface area contributed by atoms with Crippen LogP contribution in [0.3, 0.4) is 0 Å². The highest BCUT2D eigenvalue weighted by atomic mass is 16.2. The minimum Gasteiger partial charge on any atom is -0.279 e. The second-order valence-electron chi connectivity index (χ2n) is 9.82. The number of aryl methyl sites for hydroxylation is 6. The molecule has 1 aliphatic carbocycles. The molecule has 0 bridgehead atoms. The van der Waals surface area contributed by atoms with Gasteiger partial charge in [-0.1, -0.05) is 65.7 Å². The lowest BCUT2D eigenvalue weighted by atomic mass is 10.0. The molecule has 0 N–H and O–H groups in total. The van der Waals surface area contributed by atoms with Gasteiger partial charge in [-0.05, 0) is 69.4 Å². The molecule has 33 heavy (non-hydrogen) atoms. The first-order valence-corrected chi connectivity index (χ1v) is 11.6. The normalized spacial score (nSPS) is 19.0. The number of anilines is 2. The molecule has 1 saturated carbocycles. The van der Waals surface area contributed by atoms with Crippen LogP contribution in [0.5, 0.6) is 0 Å². The van der Waals surface area contributed by atoms with E-state index in [0.717, 1.165) is 50.3 Å². The van der Waals surface area contributed by atoms with Crippen LogP contribution in [0.2, 0.25) is 0 Å². The molecule has 168 valence electrons. The van der Waals surface area contributed by atoms with Gasteiger partial charge in [0.25, 0.3) is 0 Å². The number of rotatable bonds is 3. The maximum atomic E-state index is 13.7. The molecule has 1 heterocycles. The average Bonchev–Trinajstić information content (AvgIpc) is 3.44. The highest BCUT2D eigenvalue weighted by Crippen LogP contribution is 2.63. The lowest BCUT2D eigenvalue weighted by molar-refractivity contribution is -0.133. The Balaban J connectivity index is 1.77. The topological polar surface area (TPSA) is 40.6 Å². The number of carbonyl (C=O) groups is 2. The van der Waals surface area contributed by atoms with Crippen molar-refractivity contribution in [1.82, 2.24) is 0 Å². The molecule has 0 radical (unpaired) electrons. The summed E-state index contributed by atoms with van der Waals surface area (Å²) in [5, 5.41) is 0. The molecular formula is C29H30N2O2. The molecule has 1 saturated heterocycles. The Kier molecular flexibility index (Phi) is 4.75. The molecule has 2 fully saturated rings. The average molecular weight is 439 g/mol. The summed E-state index contributed by atoms with van der Waals surface area (Å²) < 4.78 is 0. The van der Waals surface area contributed by atoms with Crippen LogP contribution in [0.4, 0.5) is 11.4 Å². The number of hydrogen-bond acceptors (Lipinski definition) is 2. The molecule has 3 aromatic carbocycles. The highest BCUT2D eigenvalue weighted by Gasteiger charge is 2.72. The maximum Gasteiger partial charge on any atom is 0.318 e. The molecule has 1 spiro atoms. The Hall–Kier alpha value is -3.40. The van der Waals surface area contributed by atoms with Gasteiger partial charge in [0.2, 0.25) is 0 Å². The van der Waals surface area contributed by atoms with Gasteiger partial charge in [-0.15, -0.1) is 0 Å². The van der Waals surface area contributed by atoms with Gasteiger partial charge in [0.1, 0.15) is 5.66 Å². The van der Waals surface area contributed by atoms with E-state index in [-0.39, 0.29) is 5.92 Å². The molecule has 5 rings (SSSR count). The second-order valence-corrected chi connectivity index (χ2v) is 9.82. The van der Waals surface area contributed by atoms with E-state index in [1.807, 2.05) is 55.7 Å². The van der Waals surface area contributed by atoms with Crippen LogP contribution < -0.4 is 9.80 Å². The molecule has 2 aliphatic rings. The minimum absolute atomic E-state index is 0.0503. The van der Waals surface area contributed by atoms with Crippen LogP contribution in [0, 0.1) is 41.5 Å². The lowest BCUT2D eigenvalue weighted by Crippen LogP contribution is -2.45. The zero-order valence-electron chi connectivity index (χ0n) is 20.2. The minimum atomic E-state index is -0.731. The largest absolute Gasteiger partial charge is 0.318 e. The zero-order chi connectivity index (χ0) is 23.7. The van der Waals surface area contributed by atoms with E-state index in [0.29, 0.717) is 6.42 Å². The van der Waals surface area contributed by atoms with Gasteiger partial charge >= 0.3 is 11.8 Å². The quantitative estimate of drug-likeness (QED) is 0.485. The Morgan fingerprint density at radius 1 is 0.667 bits per heavy atom. The highest BCUT2D eigenvalue weighted by molar-refractivity contribution is 6.49. The Bertz CT molecular complexity index is 1190. The molecule has 4 nitrogen and oxygen atoms in total. The summed E-state index contributed by atoms with van der Waals surface area (Å²) >= 11 is 0. The molecular weight excluding hydrogens is 408 g/mol. The Labute approximate surface area is 195 Å². The molecule has 1 aliphatic heterocycles. The maximum absolute atomic E-state index is 13.7. The van der Waals surface area contributed by atoms with Gasteiger partial charge in [0, 0.05) is 12.3 Å². The number of hydrogen-bond donors (Lipinski definition) is 0. The Morgan fingerprint density at radius 2 is 1.06 bits per heavy atom. The molecule has 4 heteroatoms. The van der Waals surface area contributed by atoms with Crippen molar-refractivity contribution in [2.45, 2.75) is 59.5 Å². The van der Waals surface area contributed by atoms with Crippen molar-refractivity contribution in [1.29, 1.82) is 0 Å². The number of benzene rings is 3. The number of carbonyl (C=O) groups excluding carboxylic acids is 2. The monoisotopic (exact) mass is 438 g/mol. The van der Waals surface area contributed by atoms with E-state index in [4.69, 9.17) is 0 Å². The third-order valence-electron chi connectivity index (χ3n) is 7.19. The Morgan fingerprint density at radius 3 is 1.45 bits per heavy atom. The fourth-order valence-electron chi connectivity index (χ4n) is 6.09. The van der Waals surface area contributed by atoms with Crippen LogP contribution in [-0.2, 0) is 9.59 Å². The standard InChI is InChI=1S/C29H30N2O2/c1-17-12-19(3)25(20(4)13-17)30-27(32)28(33)31(26-21(5)14-18(2)15-22(26)6)29(30)16-24(29)23-10-8-7-9-11-23/h7-15,24H,16H2,1-6H3/t24-/m0/s1. The summed E-state index contributed by atoms with van der Waals surface area (Å²) in [5.74, 6) is -0.833. The molecule has 1 atom stereocenters. The van der Waals surface area contributed by atoms with E-state index in [9.17, 15) is 9.59 Å². The third-order valence-corrected chi connectivity index (χ3v) is 7.19. The predicted octanol–water partition coefficient (Wildman–Crippen LogP) is 5.80. The first-order chi connectivity index (χ1) is 15.7. The van der Waals surface area contributed by atoms with Crippen molar-refractivity contribution in [3.63, 3.8) is 0 Å². The summed E-state index contributed by atoms with van der Waals surface area (Å²) in [6, 6.07) is 18.6. The zero-order valence-corrected chi connectivity index (χ0v) is 20.2. The van der Waals surface area contributed by atoms with Crippen LogP contribution in [0.15, 0.2) is 54.6 Å². The SMILES string of the molecule is Cc1cc(C)c(N2C(=O)C(=O)N(c3c(C)cc(C)cc3C)C23C[C@H]3c2ccccc2)c(C)c1. The van der Waals surface area contributed by atoms with Crippen molar-refractivity contribution in [3.05, 3.63) is 93.5 Å². The van der Waals surface area contributed by atoms with Crippen molar-refractivity contribution in [3.8, 4) is 0 Å².